The second kappa shape index (κ2) is 10.9. The number of halogens is 1. The average molecular weight is 389 g/mol. The Balaban J connectivity index is 0.00000361. The quantitative estimate of drug-likeness (QED) is 0.338. The number of guanidine groups is 1. The third kappa shape index (κ3) is 7.12. The Kier molecular flexibility index (Phi) is 10.5. The van der Waals surface area contributed by atoms with Gasteiger partial charge in [-0.05, 0) is 36.8 Å². The van der Waals surface area contributed by atoms with Crippen LogP contribution in [0.25, 0.3) is 0 Å². The van der Waals surface area contributed by atoms with Gasteiger partial charge < -0.3 is 10.6 Å². The van der Waals surface area contributed by atoms with Gasteiger partial charge in [0, 0.05) is 20.1 Å². The zero-order valence-corrected chi connectivity index (χ0v) is 15.4. The molecule has 0 saturated heterocycles. The van der Waals surface area contributed by atoms with Crippen molar-refractivity contribution in [1.82, 2.24) is 10.6 Å². The van der Waals surface area contributed by atoms with E-state index in [1.165, 1.54) is 11.1 Å². The van der Waals surface area contributed by atoms with E-state index in [9.17, 15) is 0 Å². The lowest BCUT2D eigenvalue weighted by atomic mass is 10.0. The molecule has 0 heterocycles. The average Bonchev–Trinajstić information content (AvgIpc) is 2.42. The van der Waals surface area contributed by atoms with Crippen molar-refractivity contribution in [2.75, 3.05) is 20.1 Å². The molecule has 0 aromatic heterocycles. The molecule has 0 radical (unpaired) electrons. The zero-order chi connectivity index (χ0) is 14.1. The van der Waals surface area contributed by atoms with Crippen molar-refractivity contribution in [2.45, 2.75) is 39.5 Å². The van der Waals surface area contributed by atoms with Gasteiger partial charge in [-0.25, -0.2) is 0 Å². The Bertz CT molecular complexity index is 385. The van der Waals surface area contributed by atoms with Gasteiger partial charge in [0.2, 0.25) is 0 Å². The van der Waals surface area contributed by atoms with E-state index in [4.69, 9.17) is 0 Å². The molecular formula is C16H28IN3. The lowest BCUT2D eigenvalue weighted by Crippen LogP contribution is -2.37. The molecule has 0 fully saturated rings. The fourth-order valence-corrected chi connectivity index (χ4v) is 1.96. The summed E-state index contributed by atoms with van der Waals surface area (Å²) in [5.41, 5.74) is 2.82. The number of nitrogens with one attached hydrogen (secondary N) is 2. The van der Waals surface area contributed by atoms with Crippen LogP contribution in [0.4, 0.5) is 0 Å². The minimum absolute atomic E-state index is 0. The molecule has 0 bridgehead atoms. The summed E-state index contributed by atoms with van der Waals surface area (Å²) < 4.78 is 0. The van der Waals surface area contributed by atoms with Gasteiger partial charge in [0.1, 0.15) is 0 Å². The van der Waals surface area contributed by atoms with E-state index in [0.717, 1.165) is 31.9 Å². The van der Waals surface area contributed by atoms with E-state index in [2.05, 4.69) is 60.7 Å². The molecule has 2 N–H and O–H groups in total. The molecule has 1 rings (SSSR count). The first-order valence-electron chi connectivity index (χ1n) is 7.20. The van der Waals surface area contributed by atoms with E-state index < -0.39 is 0 Å². The predicted molar refractivity (Wildman–Crippen MR) is 99.3 cm³/mol. The third-order valence-electron chi connectivity index (χ3n) is 3.15. The molecule has 20 heavy (non-hydrogen) atoms. The minimum atomic E-state index is 0. The third-order valence-corrected chi connectivity index (χ3v) is 3.15. The molecule has 0 aliphatic heterocycles. The minimum Gasteiger partial charge on any atom is -0.357 e. The number of rotatable bonds is 6. The smallest absolute Gasteiger partial charge is 0.190 e. The molecule has 0 amide bonds. The molecular weight excluding hydrogens is 361 g/mol. The second-order valence-electron chi connectivity index (χ2n) is 5.03. The molecule has 114 valence electrons. The van der Waals surface area contributed by atoms with Gasteiger partial charge in [-0.2, -0.15) is 0 Å². The van der Waals surface area contributed by atoms with E-state index in [0.29, 0.717) is 5.92 Å². The maximum absolute atomic E-state index is 4.15. The normalized spacial score (nSPS) is 11.2. The summed E-state index contributed by atoms with van der Waals surface area (Å²) in [7, 11) is 1.80. The number of aliphatic imine (C=N–C) groups is 1. The fourth-order valence-electron chi connectivity index (χ4n) is 1.96. The van der Waals surface area contributed by atoms with E-state index in [-0.39, 0.29) is 24.0 Å². The van der Waals surface area contributed by atoms with Crippen molar-refractivity contribution in [1.29, 1.82) is 0 Å². The monoisotopic (exact) mass is 389 g/mol. The summed E-state index contributed by atoms with van der Waals surface area (Å²) in [5, 5.41) is 6.50. The molecule has 0 aliphatic rings. The van der Waals surface area contributed by atoms with Crippen LogP contribution in [-0.4, -0.2) is 26.1 Å². The Morgan fingerprint density at radius 1 is 1.15 bits per heavy atom. The highest BCUT2D eigenvalue weighted by atomic mass is 127. The molecule has 1 aromatic carbocycles. The first kappa shape index (κ1) is 19.2. The summed E-state index contributed by atoms with van der Waals surface area (Å²) in [4.78, 5) is 4.15. The van der Waals surface area contributed by atoms with Gasteiger partial charge in [-0.1, -0.05) is 38.1 Å². The highest BCUT2D eigenvalue weighted by Crippen LogP contribution is 2.15. The van der Waals surface area contributed by atoms with Crippen LogP contribution >= 0.6 is 24.0 Å². The van der Waals surface area contributed by atoms with Crippen molar-refractivity contribution >= 4 is 29.9 Å². The van der Waals surface area contributed by atoms with E-state index in [1.807, 2.05) is 0 Å². The van der Waals surface area contributed by atoms with Crippen LogP contribution in [0.3, 0.4) is 0 Å². The number of aryl methyl sites for hydroxylation is 1. The number of hydrogen-bond donors (Lipinski definition) is 2. The summed E-state index contributed by atoms with van der Waals surface area (Å²) >= 11 is 0. The molecule has 0 aliphatic carbocycles. The number of hydrogen-bond acceptors (Lipinski definition) is 1. The summed E-state index contributed by atoms with van der Waals surface area (Å²) in [6.45, 7) is 8.38. The molecule has 3 nitrogen and oxygen atoms in total. The van der Waals surface area contributed by atoms with Gasteiger partial charge in [0.15, 0.2) is 5.96 Å². The second-order valence-corrected chi connectivity index (χ2v) is 5.03. The van der Waals surface area contributed by atoms with Crippen molar-refractivity contribution in [3.05, 3.63) is 35.4 Å². The maximum Gasteiger partial charge on any atom is 0.190 e. The van der Waals surface area contributed by atoms with Crippen molar-refractivity contribution in [3.8, 4) is 0 Å². The van der Waals surface area contributed by atoms with Gasteiger partial charge in [0.25, 0.3) is 0 Å². The number of benzene rings is 1. The van der Waals surface area contributed by atoms with Crippen LogP contribution in [0.5, 0.6) is 0 Å². The van der Waals surface area contributed by atoms with Crippen molar-refractivity contribution in [3.63, 3.8) is 0 Å². The summed E-state index contributed by atoms with van der Waals surface area (Å²) in [5.74, 6) is 1.50. The Hall–Kier alpha value is -0.780. The van der Waals surface area contributed by atoms with Gasteiger partial charge >= 0.3 is 0 Å². The Morgan fingerprint density at radius 2 is 1.80 bits per heavy atom. The summed E-state index contributed by atoms with van der Waals surface area (Å²) in [6.07, 6.45) is 2.22. The standard InChI is InChI=1S/C16H27N3.HI/c1-5-18-16(17-4)19-12-6-7-14-8-10-15(11-9-14)13(2)3;/h8-11,13H,5-7,12H2,1-4H3,(H2,17,18,19);1H. The lowest BCUT2D eigenvalue weighted by molar-refractivity contribution is 0.747. The Labute approximate surface area is 140 Å². The van der Waals surface area contributed by atoms with Crippen molar-refractivity contribution in [2.24, 2.45) is 4.99 Å². The van der Waals surface area contributed by atoms with Crippen LogP contribution in [0, 0.1) is 0 Å². The largest absolute Gasteiger partial charge is 0.357 e. The Morgan fingerprint density at radius 3 is 2.30 bits per heavy atom. The highest BCUT2D eigenvalue weighted by molar-refractivity contribution is 14.0. The van der Waals surface area contributed by atoms with Crippen LogP contribution in [0.15, 0.2) is 29.3 Å². The van der Waals surface area contributed by atoms with E-state index in [1.54, 1.807) is 7.05 Å². The molecule has 0 saturated carbocycles. The molecule has 1 aromatic rings. The van der Waals surface area contributed by atoms with Crippen LogP contribution < -0.4 is 10.6 Å². The lowest BCUT2D eigenvalue weighted by Gasteiger charge is -2.10. The van der Waals surface area contributed by atoms with Crippen molar-refractivity contribution < 1.29 is 0 Å². The first-order valence-corrected chi connectivity index (χ1v) is 7.20. The maximum atomic E-state index is 4.15. The van der Waals surface area contributed by atoms with Gasteiger partial charge in [-0.15, -0.1) is 24.0 Å². The van der Waals surface area contributed by atoms with Gasteiger partial charge in [-0.3, -0.25) is 4.99 Å². The predicted octanol–water partition coefficient (Wildman–Crippen LogP) is 3.55. The highest BCUT2D eigenvalue weighted by Gasteiger charge is 1.99. The van der Waals surface area contributed by atoms with Crippen LogP contribution in [-0.2, 0) is 6.42 Å². The first-order chi connectivity index (χ1) is 9.17. The zero-order valence-electron chi connectivity index (χ0n) is 13.1. The molecule has 0 unspecified atom stereocenters. The molecule has 0 spiro atoms. The molecule has 0 atom stereocenters. The summed E-state index contributed by atoms with van der Waals surface area (Å²) in [6, 6.07) is 8.97. The van der Waals surface area contributed by atoms with Crippen LogP contribution in [0.2, 0.25) is 0 Å². The topological polar surface area (TPSA) is 36.4 Å². The van der Waals surface area contributed by atoms with Gasteiger partial charge in [0.05, 0.1) is 0 Å². The number of nitrogens with zero attached hydrogens (tertiary/aromatic N) is 1. The van der Waals surface area contributed by atoms with Crippen LogP contribution in [0.1, 0.15) is 44.2 Å². The SMILES string of the molecule is CCNC(=NC)NCCCc1ccc(C(C)C)cc1.I. The van der Waals surface area contributed by atoms with E-state index >= 15 is 0 Å². The molecule has 4 heteroatoms. The fraction of sp³-hybridized carbons (Fsp3) is 0.562.